The Morgan fingerprint density at radius 1 is 0.711 bits per heavy atom. The number of benzene rings is 2. The van der Waals surface area contributed by atoms with Crippen LogP contribution >= 0.6 is 0 Å². The number of Topliss-reactive ketones (excluding diaryl/α,β-unsaturated/α-hetero) is 1. The second kappa shape index (κ2) is 12.5. The number of carbonyl (C=O) groups excluding carboxylic acids is 4. The van der Waals surface area contributed by atoms with E-state index < -0.39 is 41.8 Å². The van der Waals surface area contributed by atoms with Crippen LogP contribution in [0.25, 0.3) is 22.4 Å². The molecule has 3 amide bonds. The van der Waals surface area contributed by atoms with E-state index >= 15 is 0 Å². The molecule has 1 aliphatic heterocycles. The van der Waals surface area contributed by atoms with E-state index in [4.69, 9.17) is 0 Å². The number of rotatable bonds is 6. The molecular formula is C30H29F6N5O4. The molecule has 2 aliphatic rings. The van der Waals surface area contributed by atoms with Crippen molar-refractivity contribution in [2.75, 3.05) is 23.7 Å². The number of halogens is 6. The number of aromatic nitrogens is 2. The minimum Gasteiger partial charge on any atom is -0.338 e. The first kappa shape index (κ1) is 32.0. The van der Waals surface area contributed by atoms with Crippen molar-refractivity contribution in [3.8, 4) is 11.4 Å². The third-order valence-electron chi connectivity index (χ3n) is 8.32. The quantitative estimate of drug-likeness (QED) is 0.293. The molecule has 15 heteroatoms. The number of aromatic amines is 1. The van der Waals surface area contributed by atoms with E-state index in [1.54, 1.807) is 42.5 Å². The van der Waals surface area contributed by atoms with Gasteiger partial charge in [0, 0.05) is 47.8 Å². The van der Waals surface area contributed by atoms with Gasteiger partial charge in [0.05, 0.1) is 11.0 Å². The number of piperidine rings is 1. The van der Waals surface area contributed by atoms with Crippen molar-refractivity contribution < 1.29 is 45.5 Å². The predicted molar refractivity (Wildman–Crippen MR) is 151 cm³/mol. The number of hydrogen-bond donors (Lipinski definition) is 3. The Labute approximate surface area is 252 Å². The fourth-order valence-corrected chi connectivity index (χ4v) is 5.80. The number of fused-ring (bicyclic) bond motifs is 1. The lowest BCUT2D eigenvalue weighted by atomic mass is 9.79. The molecule has 1 aliphatic carbocycles. The highest BCUT2D eigenvalue weighted by Gasteiger charge is 2.45. The summed E-state index contributed by atoms with van der Waals surface area (Å²) in [6, 6.07) is 11.8. The maximum atomic E-state index is 12.8. The first-order chi connectivity index (χ1) is 21.2. The smallest absolute Gasteiger partial charge is 0.338 e. The Bertz CT molecular complexity index is 1580. The summed E-state index contributed by atoms with van der Waals surface area (Å²) in [6.07, 6.45) is -9.17. The van der Waals surface area contributed by atoms with Crippen molar-refractivity contribution >= 4 is 45.9 Å². The zero-order chi connectivity index (χ0) is 32.5. The maximum Gasteiger partial charge on any atom is 0.471 e. The van der Waals surface area contributed by atoms with Crippen LogP contribution in [0.3, 0.4) is 0 Å². The summed E-state index contributed by atoms with van der Waals surface area (Å²) in [6.45, 7) is -0.303. The van der Waals surface area contributed by atoms with E-state index in [1.165, 1.54) is 0 Å². The van der Waals surface area contributed by atoms with Crippen molar-refractivity contribution in [2.45, 2.75) is 50.9 Å². The van der Waals surface area contributed by atoms with E-state index in [0.717, 1.165) is 0 Å². The molecular weight excluding hydrogens is 608 g/mol. The number of ketones is 1. The largest absolute Gasteiger partial charge is 0.471 e. The highest BCUT2D eigenvalue weighted by atomic mass is 19.4. The zero-order valence-corrected chi connectivity index (χ0v) is 23.7. The van der Waals surface area contributed by atoms with Gasteiger partial charge in [-0.3, -0.25) is 19.2 Å². The topological polar surface area (TPSA) is 124 Å². The summed E-state index contributed by atoms with van der Waals surface area (Å²) in [4.78, 5) is 56.7. The first-order valence-corrected chi connectivity index (χ1v) is 14.4. The molecule has 5 rings (SSSR count). The Morgan fingerprint density at radius 2 is 1.24 bits per heavy atom. The van der Waals surface area contributed by atoms with Crippen LogP contribution in [0.1, 0.15) is 38.5 Å². The third-order valence-corrected chi connectivity index (χ3v) is 8.32. The van der Waals surface area contributed by atoms with Crippen molar-refractivity contribution in [1.29, 1.82) is 0 Å². The number of imidazole rings is 1. The van der Waals surface area contributed by atoms with E-state index in [2.05, 4.69) is 20.6 Å². The number of nitrogens with zero attached hydrogens (tertiary/aromatic N) is 2. The molecule has 1 saturated heterocycles. The first-order valence-electron chi connectivity index (χ1n) is 14.4. The second-order valence-electron chi connectivity index (χ2n) is 11.3. The number of carbonyl (C=O) groups is 4. The highest BCUT2D eigenvalue weighted by Crippen LogP contribution is 2.35. The molecule has 1 saturated carbocycles. The molecule has 0 radical (unpaired) electrons. The normalized spacial score (nSPS) is 19.7. The van der Waals surface area contributed by atoms with Gasteiger partial charge in [0.1, 0.15) is 5.82 Å². The van der Waals surface area contributed by atoms with Crippen LogP contribution in [0.15, 0.2) is 42.5 Å². The summed E-state index contributed by atoms with van der Waals surface area (Å²) in [5, 5.41) is 5.55. The third kappa shape index (κ3) is 7.45. The Kier molecular flexibility index (Phi) is 8.90. The molecule has 1 aromatic heterocycles. The number of nitrogens with one attached hydrogen (secondary N) is 3. The molecule has 2 heterocycles. The molecule has 3 N–H and O–H groups in total. The summed E-state index contributed by atoms with van der Waals surface area (Å²) >= 11 is 0. The predicted octanol–water partition coefficient (Wildman–Crippen LogP) is 5.85. The minimum atomic E-state index is -4.94. The lowest BCUT2D eigenvalue weighted by molar-refractivity contribution is -0.186. The van der Waals surface area contributed by atoms with Crippen molar-refractivity contribution in [1.82, 2.24) is 14.9 Å². The SMILES string of the molecule is O=C(Nc1ccc2nc(-c3ccc(NC(=O)C4CCN(C(=O)C(F)(F)F)CC4)cc3)[nH]c2c1)C1CCC(C(=O)C(F)(F)F)CC1. The van der Waals surface area contributed by atoms with Gasteiger partial charge < -0.3 is 20.5 Å². The molecule has 240 valence electrons. The van der Waals surface area contributed by atoms with Gasteiger partial charge in [0.2, 0.25) is 17.6 Å². The van der Waals surface area contributed by atoms with Crippen LogP contribution in [-0.4, -0.2) is 63.8 Å². The Balaban J connectivity index is 1.15. The standard InChI is InChI=1S/C30H29F6N5O4/c31-29(32,33)24(42)16-1-3-18(4-2-16)26(43)38-21-9-10-22-23(15-21)40-25(39-22)17-5-7-20(8-6-17)37-27(44)19-11-13-41(14-12-19)28(45)30(34,35)36/h5-10,15-16,18-19H,1-4,11-14H2,(H,37,44)(H,38,43)(H,39,40). The molecule has 0 spiro atoms. The minimum absolute atomic E-state index is 0.00862. The fourth-order valence-electron chi connectivity index (χ4n) is 5.80. The van der Waals surface area contributed by atoms with Crippen LogP contribution in [0.4, 0.5) is 37.7 Å². The molecule has 2 aromatic carbocycles. The van der Waals surface area contributed by atoms with Crippen LogP contribution in [0.2, 0.25) is 0 Å². The van der Waals surface area contributed by atoms with E-state index in [-0.39, 0.29) is 63.4 Å². The maximum absolute atomic E-state index is 12.8. The monoisotopic (exact) mass is 637 g/mol. The summed E-state index contributed by atoms with van der Waals surface area (Å²) in [5.41, 5.74) is 2.88. The van der Waals surface area contributed by atoms with Crippen LogP contribution < -0.4 is 10.6 Å². The zero-order valence-electron chi connectivity index (χ0n) is 23.7. The van der Waals surface area contributed by atoms with Gasteiger partial charge in [-0.05, 0) is 81.0 Å². The van der Waals surface area contributed by atoms with Gasteiger partial charge in [-0.15, -0.1) is 0 Å². The van der Waals surface area contributed by atoms with Crippen LogP contribution in [-0.2, 0) is 19.2 Å². The Morgan fingerprint density at radius 3 is 1.82 bits per heavy atom. The van der Waals surface area contributed by atoms with Gasteiger partial charge >= 0.3 is 18.3 Å². The lowest BCUT2D eigenvalue weighted by Gasteiger charge is -2.31. The number of anilines is 2. The van der Waals surface area contributed by atoms with Crippen molar-refractivity contribution in [2.24, 2.45) is 17.8 Å². The van der Waals surface area contributed by atoms with Gasteiger partial charge in [0.25, 0.3) is 0 Å². The van der Waals surface area contributed by atoms with Crippen molar-refractivity contribution in [3.63, 3.8) is 0 Å². The summed E-state index contributed by atoms with van der Waals surface area (Å²) in [5.74, 6) is -5.92. The second-order valence-corrected chi connectivity index (χ2v) is 11.3. The average molecular weight is 638 g/mol. The van der Waals surface area contributed by atoms with E-state index in [0.29, 0.717) is 38.7 Å². The van der Waals surface area contributed by atoms with Gasteiger partial charge in [-0.2, -0.15) is 26.3 Å². The fraction of sp³-hybridized carbons (Fsp3) is 0.433. The average Bonchev–Trinajstić information content (AvgIpc) is 3.43. The van der Waals surface area contributed by atoms with Crippen LogP contribution in [0.5, 0.6) is 0 Å². The molecule has 0 bridgehead atoms. The number of H-pyrrole nitrogens is 1. The van der Waals surface area contributed by atoms with E-state index in [9.17, 15) is 45.5 Å². The van der Waals surface area contributed by atoms with E-state index in [1.807, 2.05) is 0 Å². The number of likely N-dealkylation sites (tertiary alicyclic amines) is 1. The lowest BCUT2D eigenvalue weighted by Crippen LogP contribution is -2.46. The molecule has 3 aromatic rings. The molecule has 2 fully saturated rings. The molecule has 0 atom stereocenters. The van der Waals surface area contributed by atoms with Crippen molar-refractivity contribution in [3.05, 3.63) is 42.5 Å². The molecule has 0 unspecified atom stereocenters. The van der Waals surface area contributed by atoms with Gasteiger partial charge in [0.15, 0.2) is 0 Å². The van der Waals surface area contributed by atoms with Crippen LogP contribution in [0, 0.1) is 17.8 Å². The highest BCUT2D eigenvalue weighted by molar-refractivity contribution is 5.96. The van der Waals surface area contributed by atoms with Gasteiger partial charge in [-0.1, -0.05) is 0 Å². The number of amides is 3. The summed E-state index contributed by atoms with van der Waals surface area (Å²) < 4.78 is 76.1. The summed E-state index contributed by atoms with van der Waals surface area (Å²) in [7, 11) is 0. The molecule has 45 heavy (non-hydrogen) atoms. The number of alkyl halides is 6. The number of hydrogen-bond acceptors (Lipinski definition) is 5. The molecule has 9 nitrogen and oxygen atoms in total. The van der Waals surface area contributed by atoms with Gasteiger partial charge in [-0.25, -0.2) is 4.98 Å². The Hall–Kier alpha value is -4.43.